The maximum Gasteiger partial charge on any atom is 0.296 e. The number of non-ortho nitro benzene ring substituents is 1. The lowest BCUT2D eigenvalue weighted by Gasteiger charge is -2.35. The molecule has 0 bridgehead atoms. The first kappa shape index (κ1) is 30.8. The number of sulfonamides is 1. The number of pyridine rings is 1. The minimum absolute atomic E-state index is 0.0762. The third-order valence-electron chi connectivity index (χ3n) is 8.13. The van der Waals surface area contributed by atoms with Crippen molar-refractivity contribution < 1.29 is 23.1 Å². The summed E-state index contributed by atoms with van der Waals surface area (Å²) in [6, 6.07) is 14.5. The Morgan fingerprint density at radius 2 is 1.77 bits per heavy atom. The van der Waals surface area contributed by atoms with E-state index in [1.807, 2.05) is 36.4 Å². The van der Waals surface area contributed by atoms with Crippen LogP contribution in [0.2, 0.25) is 0 Å². The molecule has 0 saturated heterocycles. The number of fused-ring (bicyclic) bond motifs is 1. The zero-order valence-electron chi connectivity index (χ0n) is 23.9. The van der Waals surface area contributed by atoms with Gasteiger partial charge in [-0.3, -0.25) is 30.0 Å². The van der Waals surface area contributed by atoms with Crippen molar-refractivity contribution in [1.29, 1.82) is 0 Å². The molecule has 14 heteroatoms. The summed E-state index contributed by atoms with van der Waals surface area (Å²) in [5.74, 6) is -0.565. The van der Waals surface area contributed by atoms with Crippen molar-refractivity contribution in [3.05, 3.63) is 105 Å². The number of aromatic amines is 1. The molecule has 4 aromatic rings. The molecule has 1 amide bonds. The fourth-order valence-corrected chi connectivity index (χ4v) is 7.45. The summed E-state index contributed by atoms with van der Waals surface area (Å²) in [5, 5.41) is 26.9. The molecular weight excluding hydrogens is 588 g/mol. The average molecular weight is 621 g/mol. The average Bonchev–Trinajstić information content (AvgIpc) is 3.42. The molecule has 2 unspecified atom stereocenters. The molecule has 0 aliphatic heterocycles. The van der Waals surface area contributed by atoms with E-state index in [1.54, 1.807) is 18.5 Å². The number of nitro benzene ring substituents is 2. The first-order valence-corrected chi connectivity index (χ1v) is 15.7. The van der Waals surface area contributed by atoms with Crippen LogP contribution in [-0.2, 0) is 21.2 Å². The summed E-state index contributed by atoms with van der Waals surface area (Å²) < 4.78 is 30.1. The van der Waals surface area contributed by atoms with Crippen molar-refractivity contribution in [2.45, 2.75) is 61.9 Å². The number of hydrogen-bond acceptors (Lipinski definition) is 8. The lowest BCUT2D eigenvalue weighted by atomic mass is 9.82. The van der Waals surface area contributed by atoms with Gasteiger partial charge in [0, 0.05) is 35.8 Å². The van der Waals surface area contributed by atoms with Gasteiger partial charge >= 0.3 is 0 Å². The molecule has 0 radical (unpaired) electrons. The predicted octanol–water partition coefficient (Wildman–Crippen LogP) is 5.10. The Labute approximate surface area is 253 Å². The van der Waals surface area contributed by atoms with Crippen molar-refractivity contribution in [3.8, 4) is 0 Å². The van der Waals surface area contributed by atoms with E-state index in [2.05, 4.69) is 20.0 Å². The lowest BCUT2D eigenvalue weighted by molar-refractivity contribution is -0.396. The van der Waals surface area contributed by atoms with Gasteiger partial charge in [-0.25, -0.2) is 8.42 Å². The van der Waals surface area contributed by atoms with E-state index in [0.29, 0.717) is 17.3 Å². The van der Waals surface area contributed by atoms with Crippen molar-refractivity contribution in [1.82, 2.24) is 20.0 Å². The van der Waals surface area contributed by atoms with Crippen LogP contribution in [0.4, 0.5) is 11.4 Å². The van der Waals surface area contributed by atoms with Crippen LogP contribution >= 0.6 is 0 Å². The normalized spacial score (nSPS) is 16.2. The monoisotopic (exact) mass is 620 g/mol. The number of nitrogens with one attached hydrogen (secondary N) is 3. The Morgan fingerprint density at radius 1 is 1.05 bits per heavy atom. The number of hydrogen-bond donors (Lipinski definition) is 3. The number of nitrogens with zero attached hydrogens (tertiary/aromatic N) is 3. The molecule has 44 heavy (non-hydrogen) atoms. The topological polar surface area (TPSA) is 190 Å². The highest BCUT2D eigenvalue weighted by atomic mass is 32.2. The number of aromatic nitrogens is 2. The number of H-pyrrole nitrogens is 1. The lowest BCUT2D eigenvalue weighted by Crippen LogP contribution is -2.59. The predicted molar refractivity (Wildman–Crippen MR) is 162 cm³/mol. The summed E-state index contributed by atoms with van der Waals surface area (Å²) in [5.41, 5.74) is -1.38. The second-order valence-electron chi connectivity index (χ2n) is 11.2. The summed E-state index contributed by atoms with van der Waals surface area (Å²) >= 11 is 0. The quantitative estimate of drug-likeness (QED) is 0.152. The van der Waals surface area contributed by atoms with E-state index < -0.39 is 53.6 Å². The number of carbonyl (C=O) groups is 1. The van der Waals surface area contributed by atoms with Crippen LogP contribution in [0.15, 0.2) is 78.0 Å². The highest BCUT2D eigenvalue weighted by molar-refractivity contribution is 7.89. The molecule has 2 aromatic heterocycles. The van der Waals surface area contributed by atoms with Gasteiger partial charge in [0.05, 0.1) is 27.6 Å². The van der Waals surface area contributed by atoms with Crippen molar-refractivity contribution in [3.63, 3.8) is 0 Å². The standard InChI is InChI=1S/C30H32N6O7S/c1-30(18-21-19-32-24-12-6-5-11-23(21)24,34-44(42,43)27-15-14-22(35(38)39)17-26(27)36(40)41)29(37)33-28(20-9-3-2-4-10-20)25-13-7-8-16-31-25/h5-8,11-17,19-20,28,32,34H,2-4,9-10,18H2,1H3,(H,33,37). The molecular formula is C30H32N6O7S. The second-order valence-corrected chi connectivity index (χ2v) is 12.9. The van der Waals surface area contributed by atoms with Gasteiger partial charge < -0.3 is 10.3 Å². The van der Waals surface area contributed by atoms with Gasteiger partial charge in [-0.2, -0.15) is 4.72 Å². The van der Waals surface area contributed by atoms with Crippen LogP contribution in [0.3, 0.4) is 0 Å². The fraction of sp³-hybridized carbons (Fsp3) is 0.333. The zero-order chi connectivity index (χ0) is 31.5. The SMILES string of the molecule is CC(Cc1c[nH]c2ccccc12)(NS(=O)(=O)c1ccc([N+](=O)[O-])cc1[N+](=O)[O-])C(=O)NC(c1ccccn1)C1CCCCC1. The Hall–Kier alpha value is -4.69. The van der Waals surface area contributed by atoms with Gasteiger partial charge in [0.15, 0.2) is 4.90 Å². The Morgan fingerprint density at radius 3 is 2.45 bits per heavy atom. The third kappa shape index (κ3) is 6.45. The molecule has 2 aromatic carbocycles. The Kier molecular flexibility index (Phi) is 8.74. The van der Waals surface area contributed by atoms with Gasteiger partial charge in [0.2, 0.25) is 15.9 Å². The van der Waals surface area contributed by atoms with Gasteiger partial charge in [-0.1, -0.05) is 43.5 Å². The molecule has 1 saturated carbocycles. The molecule has 230 valence electrons. The number of para-hydroxylation sites is 1. The molecule has 1 aliphatic carbocycles. The molecule has 0 spiro atoms. The summed E-state index contributed by atoms with van der Waals surface area (Å²) in [6.45, 7) is 1.43. The van der Waals surface area contributed by atoms with Gasteiger partial charge in [0.1, 0.15) is 5.54 Å². The van der Waals surface area contributed by atoms with Crippen LogP contribution in [0.25, 0.3) is 10.9 Å². The Balaban J connectivity index is 1.56. The first-order valence-electron chi connectivity index (χ1n) is 14.2. The number of nitro groups is 2. The zero-order valence-corrected chi connectivity index (χ0v) is 24.7. The molecule has 5 rings (SSSR count). The largest absolute Gasteiger partial charge is 0.361 e. The number of carbonyl (C=O) groups excluding carboxylic acids is 1. The van der Waals surface area contributed by atoms with Crippen molar-refractivity contribution >= 4 is 38.2 Å². The summed E-state index contributed by atoms with van der Waals surface area (Å²) in [4.78, 5) is 42.4. The number of amides is 1. The van der Waals surface area contributed by atoms with Crippen LogP contribution in [0.5, 0.6) is 0 Å². The molecule has 2 heterocycles. The van der Waals surface area contributed by atoms with Gasteiger partial charge in [0.25, 0.3) is 11.4 Å². The van der Waals surface area contributed by atoms with Gasteiger partial charge in [-0.05, 0) is 55.5 Å². The minimum Gasteiger partial charge on any atom is -0.361 e. The highest BCUT2D eigenvalue weighted by Crippen LogP contribution is 2.35. The Bertz CT molecular complexity index is 1800. The van der Waals surface area contributed by atoms with E-state index in [9.17, 15) is 33.4 Å². The van der Waals surface area contributed by atoms with Crippen LogP contribution in [0, 0.1) is 26.1 Å². The van der Waals surface area contributed by atoms with Crippen LogP contribution < -0.4 is 10.0 Å². The van der Waals surface area contributed by atoms with E-state index >= 15 is 0 Å². The fourth-order valence-electron chi connectivity index (χ4n) is 5.92. The van der Waals surface area contributed by atoms with E-state index in [4.69, 9.17) is 0 Å². The molecule has 1 fully saturated rings. The van der Waals surface area contributed by atoms with Crippen LogP contribution in [-0.4, -0.2) is 39.7 Å². The van der Waals surface area contributed by atoms with Crippen molar-refractivity contribution in [2.24, 2.45) is 5.92 Å². The highest BCUT2D eigenvalue weighted by Gasteiger charge is 2.43. The maximum absolute atomic E-state index is 14.3. The first-order chi connectivity index (χ1) is 21.0. The smallest absolute Gasteiger partial charge is 0.296 e. The minimum atomic E-state index is -4.76. The van der Waals surface area contributed by atoms with Crippen LogP contribution in [0.1, 0.15) is 56.3 Å². The number of benzene rings is 2. The summed E-state index contributed by atoms with van der Waals surface area (Å²) in [7, 11) is -4.76. The van der Waals surface area contributed by atoms with E-state index in [-0.39, 0.29) is 12.3 Å². The second kappa shape index (κ2) is 12.5. The van der Waals surface area contributed by atoms with Gasteiger partial charge in [-0.15, -0.1) is 0 Å². The molecule has 3 N–H and O–H groups in total. The van der Waals surface area contributed by atoms with E-state index in [1.165, 1.54) is 6.92 Å². The number of rotatable bonds is 11. The maximum atomic E-state index is 14.3. The third-order valence-corrected chi connectivity index (χ3v) is 9.78. The van der Waals surface area contributed by atoms with E-state index in [0.717, 1.165) is 55.1 Å². The molecule has 2 atom stereocenters. The summed E-state index contributed by atoms with van der Waals surface area (Å²) in [6.07, 6.45) is 8.02. The molecule has 1 aliphatic rings. The van der Waals surface area contributed by atoms with Crippen molar-refractivity contribution in [2.75, 3.05) is 0 Å². The molecule has 13 nitrogen and oxygen atoms in total.